The molecule has 2 heteroatoms. The van der Waals surface area contributed by atoms with E-state index in [1.54, 1.807) is 0 Å². The molecule has 1 rings (SSSR count). The van der Waals surface area contributed by atoms with Crippen LogP contribution in [0.1, 0.15) is 51.4 Å². The Balaban J connectivity index is 2.43. The van der Waals surface area contributed by atoms with Crippen molar-refractivity contribution in [1.82, 2.24) is 0 Å². The molecule has 0 aromatic carbocycles. The van der Waals surface area contributed by atoms with Crippen molar-refractivity contribution in [1.29, 1.82) is 0 Å². The minimum absolute atomic E-state index is 0.221. The zero-order valence-electron chi connectivity index (χ0n) is 8.63. The highest BCUT2D eigenvalue weighted by Crippen LogP contribution is 2.10. The van der Waals surface area contributed by atoms with E-state index >= 15 is 0 Å². The summed E-state index contributed by atoms with van der Waals surface area (Å²) >= 11 is 0. The van der Waals surface area contributed by atoms with E-state index in [9.17, 15) is 9.59 Å². The topological polar surface area (TPSA) is 34.1 Å². The zero-order chi connectivity index (χ0) is 10.2. The molecule has 2 nitrogen and oxygen atoms in total. The van der Waals surface area contributed by atoms with Gasteiger partial charge in [0, 0.05) is 6.42 Å². The first-order chi connectivity index (χ1) is 6.80. The van der Waals surface area contributed by atoms with Crippen molar-refractivity contribution in [2.24, 2.45) is 0 Å². The van der Waals surface area contributed by atoms with Crippen LogP contribution in [0.2, 0.25) is 0 Å². The second-order valence-corrected chi connectivity index (χ2v) is 3.85. The Hall–Kier alpha value is -0.920. The maximum atomic E-state index is 11.2. The maximum Gasteiger partial charge on any atom is 0.221 e. The molecule has 0 radical (unpaired) electrons. The molecule has 0 bridgehead atoms. The van der Waals surface area contributed by atoms with Gasteiger partial charge in [0.1, 0.15) is 0 Å². The number of rotatable bonds is 0. The molecule has 1 aliphatic rings. The van der Waals surface area contributed by atoms with E-state index in [1.807, 2.05) is 6.08 Å². The molecule has 0 unspecified atom stereocenters. The third kappa shape index (κ3) is 4.35. The third-order valence-electron chi connectivity index (χ3n) is 2.57. The third-order valence-corrected chi connectivity index (χ3v) is 2.57. The summed E-state index contributed by atoms with van der Waals surface area (Å²) < 4.78 is 0. The molecule has 14 heavy (non-hydrogen) atoms. The van der Waals surface area contributed by atoms with E-state index in [2.05, 4.69) is 0 Å². The van der Waals surface area contributed by atoms with Crippen LogP contribution in [0.4, 0.5) is 0 Å². The van der Waals surface area contributed by atoms with E-state index < -0.39 is 0 Å². The smallest absolute Gasteiger partial charge is 0.221 e. The van der Waals surface area contributed by atoms with Gasteiger partial charge in [-0.15, -0.1) is 0 Å². The first-order valence-corrected chi connectivity index (χ1v) is 5.54. The van der Waals surface area contributed by atoms with Crippen molar-refractivity contribution in [3.8, 4) is 0 Å². The molecule has 0 amide bonds. The van der Waals surface area contributed by atoms with Crippen molar-refractivity contribution in [3.63, 3.8) is 0 Å². The summed E-state index contributed by atoms with van der Waals surface area (Å²) in [6.07, 6.45) is 11.4. The van der Waals surface area contributed by atoms with Gasteiger partial charge in [-0.05, 0) is 25.3 Å². The monoisotopic (exact) mass is 194 g/mol. The van der Waals surface area contributed by atoms with Gasteiger partial charge in [0.05, 0.1) is 0 Å². The van der Waals surface area contributed by atoms with Crippen molar-refractivity contribution in [2.75, 3.05) is 0 Å². The van der Waals surface area contributed by atoms with Gasteiger partial charge in [-0.25, -0.2) is 0 Å². The van der Waals surface area contributed by atoms with Crippen LogP contribution in [0.5, 0.6) is 0 Å². The first kappa shape index (κ1) is 11.2. The number of ketones is 2. The number of carbonyl (C=O) groups is 2. The summed E-state index contributed by atoms with van der Waals surface area (Å²) in [5.74, 6) is -0.535. The normalized spacial score (nSPS) is 23.7. The summed E-state index contributed by atoms with van der Waals surface area (Å²) in [6.45, 7) is 0. The summed E-state index contributed by atoms with van der Waals surface area (Å²) in [5, 5.41) is 0. The second kappa shape index (κ2) is 6.52. The summed E-state index contributed by atoms with van der Waals surface area (Å²) in [6, 6.07) is 0. The number of allylic oxidation sites excluding steroid dienone is 2. The summed E-state index contributed by atoms with van der Waals surface area (Å²) in [5.41, 5.74) is 0. The number of Topliss-reactive ketones (excluding diaryl/α,β-unsaturated/α-hetero) is 1. The van der Waals surface area contributed by atoms with E-state index in [-0.39, 0.29) is 11.6 Å². The molecule has 78 valence electrons. The molecule has 0 aliphatic heterocycles. The Kier molecular flexibility index (Phi) is 5.20. The largest absolute Gasteiger partial charge is 0.291 e. The SMILES string of the molecule is O=C1/C=C/CCCCCCCCC1=O. The Labute approximate surface area is 85.4 Å². The Morgan fingerprint density at radius 2 is 1.50 bits per heavy atom. The highest BCUT2D eigenvalue weighted by molar-refractivity contribution is 6.41. The van der Waals surface area contributed by atoms with Crippen LogP contribution in [-0.2, 0) is 9.59 Å². The van der Waals surface area contributed by atoms with Crippen LogP contribution in [0, 0.1) is 0 Å². The Bertz CT molecular complexity index is 228. The lowest BCUT2D eigenvalue weighted by Gasteiger charge is -2.01. The molecular formula is C12H18O2. The predicted octanol–water partition coefficient (Wildman–Crippen LogP) is 2.82. The van der Waals surface area contributed by atoms with Crippen LogP contribution in [0.15, 0.2) is 12.2 Å². The number of hydrogen-bond acceptors (Lipinski definition) is 2. The zero-order valence-corrected chi connectivity index (χ0v) is 8.63. The fourth-order valence-corrected chi connectivity index (χ4v) is 1.66. The molecule has 0 aromatic heterocycles. The summed E-state index contributed by atoms with van der Waals surface area (Å²) in [4.78, 5) is 22.4. The van der Waals surface area contributed by atoms with Crippen molar-refractivity contribution in [2.45, 2.75) is 51.4 Å². The Morgan fingerprint density at radius 3 is 2.29 bits per heavy atom. The van der Waals surface area contributed by atoms with Gasteiger partial charge < -0.3 is 0 Å². The fraction of sp³-hybridized carbons (Fsp3) is 0.667. The molecule has 0 fully saturated rings. The van der Waals surface area contributed by atoms with Crippen molar-refractivity contribution < 1.29 is 9.59 Å². The quantitative estimate of drug-likeness (QED) is 0.556. The van der Waals surface area contributed by atoms with Gasteiger partial charge in [-0.3, -0.25) is 9.59 Å². The average molecular weight is 194 g/mol. The molecule has 0 N–H and O–H groups in total. The number of hydrogen-bond donors (Lipinski definition) is 0. The second-order valence-electron chi connectivity index (χ2n) is 3.85. The van der Waals surface area contributed by atoms with Gasteiger partial charge in [0.15, 0.2) is 0 Å². The minimum atomic E-state index is -0.314. The lowest BCUT2D eigenvalue weighted by molar-refractivity contribution is -0.133. The van der Waals surface area contributed by atoms with Gasteiger partial charge in [-0.1, -0.05) is 31.8 Å². The Morgan fingerprint density at radius 1 is 0.857 bits per heavy atom. The van der Waals surface area contributed by atoms with E-state index in [0.717, 1.165) is 25.7 Å². The van der Waals surface area contributed by atoms with Gasteiger partial charge in [0.2, 0.25) is 11.6 Å². The van der Waals surface area contributed by atoms with Crippen LogP contribution >= 0.6 is 0 Å². The molecule has 0 atom stereocenters. The van der Waals surface area contributed by atoms with E-state index in [1.165, 1.54) is 25.3 Å². The van der Waals surface area contributed by atoms with Crippen LogP contribution in [-0.4, -0.2) is 11.6 Å². The molecular weight excluding hydrogens is 176 g/mol. The van der Waals surface area contributed by atoms with E-state index in [0.29, 0.717) is 6.42 Å². The lowest BCUT2D eigenvalue weighted by Crippen LogP contribution is -2.10. The van der Waals surface area contributed by atoms with E-state index in [4.69, 9.17) is 0 Å². The minimum Gasteiger partial charge on any atom is -0.291 e. The van der Waals surface area contributed by atoms with Crippen molar-refractivity contribution in [3.05, 3.63) is 12.2 Å². The number of carbonyl (C=O) groups excluding carboxylic acids is 2. The van der Waals surface area contributed by atoms with Crippen LogP contribution < -0.4 is 0 Å². The molecule has 0 saturated heterocycles. The predicted molar refractivity (Wildman–Crippen MR) is 56.1 cm³/mol. The summed E-state index contributed by atoms with van der Waals surface area (Å²) in [7, 11) is 0. The van der Waals surface area contributed by atoms with Gasteiger partial charge in [-0.2, -0.15) is 0 Å². The molecule has 1 aliphatic carbocycles. The molecule has 0 saturated carbocycles. The van der Waals surface area contributed by atoms with Gasteiger partial charge in [0.25, 0.3) is 0 Å². The van der Waals surface area contributed by atoms with Gasteiger partial charge >= 0.3 is 0 Å². The molecule has 0 aromatic rings. The molecule has 0 heterocycles. The lowest BCUT2D eigenvalue weighted by atomic mass is 10.0. The highest BCUT2D eigenvalue weighted by atomic mass is 16.2. The average Bonchev–Trinajstić information content (AvgIpc) is 2.18. The van der Waals surface area contributed by atoms with Crippen LogP contribution in [0.25, 0.3) is 0 Å². The maximum absolute atomic E-state index is 11.2. The molecule has 0 spiro atoms. The fourth-order valence-electron chi connectivity index (χ4n) is 1.66. The standard InChI is InChI=1S/C12H18O2/c13-11-9-7-5-3-1-2-4-6-8-10-12(11)14/h7,9H,1-6,8,10H2/b9-7+. The van der Waals surface area contributed by atoms with Crippen molar-refractivity contribution >= 4 is 11.6 Å². The highest BCUT2D eigenvalue weighted by Gasteiger charge is 2.09. The van der Waals surface area contributed by atoms with Crippen LogP contribution in [0.3, 0.4) is 0 Å². The first-order valence-electron chi connectivity index (χ1n) is 5.54.